The molecule has 1 saturated carbocycles. The van der Waals surface area contributed by atoms with Crippen molar-refractivity contribution in [1.82, 2.24) is 0 Å². The van der Waals surface area contributed by atoms with Gasteiger partial charge in [-0.05, 0) is 17.9 Å². The molecule has 1 rings (SSSR count). The highest BCUT2D eigenvalue weighted by Gasteiger charge is 2.17. The normalized spacial score (nSPS) is 17.1. The van der Waals surface area contributed by atoms with E-state index in [-0.39, 0.29) is 6.10 Å². The average molecular weight is 220 g/mol. The number of rotatable bonds is 3. The fraction of sp³-hybridized carbons (Fsp3) is 0.750. The topological polar surface area (TPSA) is 91.3 Å². The summed E-state index contributed by atoms with van der Waals surface area (Å²) < 4.78 is 3.59. The molecule has 0 aliphatic heterocycles. The van der Waals surface area contributed by atoms with E-state index >= 15 is 0 Å². The standard InChI is InChI=1S/C8H12O7/c9-7(10)12-8(11)14-15-13-6-4-2-1-3-5-6/h6H,1-5H2,(H,9,10). The van der Waals surface area contributed by atoms with Gasteiger partial charge in [0.25, 0.3) is 0 Å². The lowest BCUT2D eigenvalue weighted by Gasteiger charge is -2.18. The molecule has 0 aromatic rings. The maximum Gasteiger partial charge on any atom is 0.553 e. The molecule has 7 nitrogen and oxygen atoms in total. The van der Waals surface area contributed by atoms with Gasteiger partial charge in [-0.15, -0.1) is 0 Å². The van der Waals surface area contributed by atoms with Crippen LogP contribution in [0, 0.1) is 0 Å². The van der Waals surface area contributed by atoms with Crippen molar-refractivity contribution < 1.29 is 34.2 Å². The lowest BCUT2D eigenvalue weighted by molar-refractivity contribution is -0.502. The van der Waals surface area contributed by atoms with E-state index in [1.807, 2.05) is 0 Å². The molecule has 7 heteroatoms. The van der Waals surface area contributed by atoms with Crippen molar-refractivity contribution >= 4 is 12.3 Å². The van der Waals surface area contributed by atoms with Crippen molar-refractivity contribution in [2.24, 2.45) is 0 Å². The lowest BCUT2D eigenvalue weighted by atomic mass is 9.98. The van der Waals surface area contributed by atoms with Crippen LogP contribution in [-0.2, 0) is 19.6 Å². The third kappa shape index (κ3) is 5.18. The molecule has 0 radical (unpaired) electrons. The van der Waals surface area contributed by atoms with Crippen molar-refractivity contribution in [2.45, 2.75) is 38.2 Å². The SMILES string of the molecule is O=C(O)OC(=O)OOOC1CCCCC1. The summed E-state index contributed by atoms with van der Waals surface area (Å²) in [5.41, 5.74) is 0. The van der Waals surface area contributed by atoms with Crippen LogP contribution in [0.4, 0.5) is 9.59 Å². The van der Waals surface area contributed by atoms with Crippen LogP contribution in [0.3, 0.4) is 0 Å². The fourth-order valence-electron chi connectivity index (χ4n) is 1.35. The molecule has 86 valence electrons. The summed E-state index contributed by atoms with van der Waals surface area (Å²) in [6.45, 7) is 0. The van der Waals surface area contributed by atoms with Crippen molar-refractivity contribution in [1.29, 1.82) is 0 Å². The first kappa shape index (κ1) is 11.7. The molecule has 0 aromatic carbocycles. The van der Waals surface area contributed by atoms with Crippen LogP contribution in [0.5, 0.6) is 0 Å². The van der Waals surface area contributed by atoms with Crippen LogP contribution in [0.25, 0.3) is 0 Å². The average Bonchev–Trinajstić information content (AvgIpc) is 2.18. The number of hydrogen-bond donors (Lipinski definition) is 1. The first-order chi connectivity index (χ1) is 7.18. The van der Waals surface area contributed by atoms with Gasteiger partial charge in [0.15, 0.2) is 0 Å². The summed E-state index contributed by atoms with van der Waals surface area (Å²) >= 11 is 0. The molecule has 0 heterocycles. The van der Waals surface area contributed by atoms with Crippen LogP contribution in [0.1, 0.15) is 32.1 Å². The molecule has 0 amide bonds. The highest BCUT2D eigenvalue weighted by atomic mass is 17.5. The van der Waals surface area contributed by atoms with Crippen molar-refractivity contribution in [3.05, 3.63) is 0 Å². The minimum Gasteiger partial charge on any atom is -0.449 e. The summed E-state index contributed by atoms with van der Waals surface area (Å²) in [6.07, 6.45) is 1.54. The number of carbonyl (C=O) groups is 2. The van der Waals surface area contributed by atoms with Gasteiger partial charge in [0, 0.05) is 0 Å². The van der Waals surface area contributed by atoms with Gasteiger partial charge in [0.2, 0.25) is 0 Å². The smallest absolute Gasteiger partial charge is 0.449 e. The Morgan fingerprint density at radius 3 is 2.40 bits per heavy atom. The van der Waals surface area contributed by atoms with Gasteiger partial charge in [-0.2, -0.15) is 9.68 Å². The number of ether oxygens (including phenoxy) is 1. The van der Waals surface area contributed by atoms with E-state index in [1.165, 1.54) is 0 Å². The van der Waals surface area contributed by atoms with E-state index in [0.29, 0.717) is 0 Å². The van der Waals surface area contributed by atoms with Crippen LogP contribution in [0.2, 0.25) is 0 Å². The molecular weight excluding hydrogens is 208 g/mol. The van der Waals surface area contributed by atoms with E-state index in [2.05, 4.69) is 14.7 Å². The summed E-state index contributed by atoms with van der Waals surface area (Å²) in [5, 5.41) is 12.1. The van der Waals surface area contributed by atoms with Crippen molar-refractivity contribution in [2.75, 3.05) is 0 Å². The van der Waals surface area contributed by atoms with Crippen molar-refractivity contribution in [3.63, 3.8) is 0 Å². The Bertz CT molecular complexity index is 221. The first-order valence-corrected chi connectivity index (χ1v) is 4.63. The Labute approximate surface area is 85.7 Å². The van der Waals surface area contributed by atoms with Crippen LogP contribution in [-0.4, -0.2) is 23.5 Å². The Morgan fingerprint density at radius 1 is 1.13 bits per heavy atom. The lowest BCUT2D eigenvalue weighted by Crippen LogP contribution is -2.19. The Hall–Kier alpha value is -1.34. The van der Waals surface area contributed by atoms with E-state index in [1.54, 1.807) is 0 Å². The zero-order valence-corrected chi connectivity index (χ0v) is 8.01. The second-order valence-electron chi connectivity index (χ2n) is 3.13. The fourth-order valence-corrected chi connectivity index (χ4v) is 1.35. The van der Waals surface area contributed by atoms with E-state index in [0.717, 1.165) is 32.1 Å². The summed E-state index contributed by atoms with van der Waals surface area (Å²) in [7, 11) is 0. The molecule has 0 aromatic heterocycles. The molecule has 15 heavy (non-hydrogen) atoms. The Balaban J connectivity index is 2.04. The number of hydrogen-bond acceptors (Lipinski definition) is 6. The third-order valence-corrected chi connectivity index (χ3v) is 2.00. The van der Waals surface area contributed by atoms with Crippen molar-refractivity contribution in [3.8, 4) is 0 Å². The number of carbonyl (C=O) groups excluding carboxylic acids is 1. The van der Waals surface area contributed by atoms with Crippen LogP contribution < -0.4 is 0 Å². The van der Waals surface area contributed by atoms with Crippen LogP contribution in [0.15, 0.2) is 0 Å². The zero-order valence-electron chi connectivity index (χ0n) is 8.01. The predicted octanol–water partition coefficient (Wildman–Crippen LogP) is 2.01. The highest BCUT2D eigenvalue weighted by molar-refractivity contribution is 5.75. The molecule has 0 atom stereocenters. The molecule has 0 unspecified atom stereocenters. The Morgan fingerprint density at radius 2 is 1.80 bits per heavy atom. The molecular formula is C8H12O7. The van der Waals surface area contributed by atoms with Crippen LogP contribution >= 0.6 is 0 Å². The van der Waals surface area contributed by atoms with E-state index in [9.17, 15) is 9.59 Å². The second-order valence-corrected chi connectivity index (χ2v) is 3.13. The van der Waals surface area contributed by atoms with Gasteiger partial charge >= 0.3 is 12.3 Å². The van der Waals surface area contributed by atoms with Gasteiger partial charge in [-0.25, -0.2) is 9.68 Å². The molecule has 0 saturated heterocycles. The summed E-state index contributed by atoms with van der Waals surface area (Å²) in [6, 6.07) is 0. The second kappa shape index (κ2) is 6.20. The molecule has 0 bridgehead atoms. The van der Waals surface area contributed by atoms with E-state index in [4.69, 9.17) is 9.99 Å². The maximum absolute atomic E-state index is 10.5. The minimum atomic E-state index is -1.76. The maximum atomic E-state index is 10.5. The quantitative estimate of drug-likeness (QED) is 0.336. The highest BCUT2D eigenvalue weighted by Crippen LogP contribution is 2.20. The minimum absolute atomic E-state index is 0.114. The summed E-state index contributed by atoms with van der Waals surface area (Å²) in [5.74, 6) is 0. The van der Waals surface area contributed by atoms with Gasteiger partial charge in [-0.3, -0.25) is 0 Å². The van der Waals surface area contributed by atoms with Gasteiger partial charge in [-0.1, -0.05) is 19.3 Å². The monoisotopic (exact) mass is 220 g/mol. The predicted molar refractivity (Wildman–Crippen MR) is 44.6 cm³/mol. The molecule has 1 fully saturated rings. The largest absolute Gasteiger partial charge is 0.553 e. The molecule has 0 spiro atoms. The van der Waals surface area contributed by atoms with Gasteiger partial charge in [0.1, 0.15) is 0 Å². The summed E-state index contributed by atoms with van der Waals surface area (Å²) in [4.78, 5) is 28.9. The van der Waals surface area contributed by atoms with E-state index < -0.39 is 12.3 Å². The third-order valence-electron chi connectivity index (χ3n) is 2.00. The van der Waals surface area contributed by atoms with Gasteiger partial charge in [0.05, 0.1) is 6.10 Å². The first-order valence-electron chi connectivity index (χ1n) is 4.63. The molecule has 1 aliphatic carbocycles. The Kier molecular flexibility index (Phi) is 4.85. The van der Waals surface area contributed by atoms with Gasteiger partial charge < -0.3 is 9.84 Å². The molecule has 1 aliphatic rings. The number of carboxylic acid groups (broad SMARTS) is 1. The molecule has 1 N–H and O–H groups in total. The zero-order chi connectivity index (χ0) is 11.1.